The maximum atomic E-state index is 14.0. The molecule has 2 heterocycles. The average Bonchev–Trinajstić information content (AvgIpc) is 3.23. The summed E-state index contributed by atoms with van der Waals surface area (Å²) in [6, 6.07) is 0.903. The minimum Gasteiger partial charge on any atom is -0.389 e. The molecule has 35 heavy (non-hydrogen) atoms. The number of carbonyl (C=O) groups is 4. The Labute approximate surface area is 201 Å². The molecule has 1 aliphatic heterocycles. The summed E-state index contributed by atoms with van der Waals surface area (Å²) in [5, 5.41) is 17.4. The zero-order valence-electron chi connectivity index (χ0n) is 19.6. The van der Waals surface area contributed by atoms with Gasteiger partial charge in [-0.2, -0.15) is 0 Å². The third-order valence-electron chi connectivity index (χ3n) is 6.00. The van der Waals surface area contributed by atoms with Crippen LogP contribution < -0.4 is 16.0 Å². The van der Waals surface area contributed by atoms with Crippen LogP contribution in [0.3, 0.4) is 0 Å². The van der Waals surface area contributed by atoms with E-state index in [1.54, 1.807) is 0 Å². The molecule has 190 valence electrons. The molecule has 1 aliphatic rings. The number of amides is 3. The number of benzene rings is 1. The molecule has 1 fully saturated rings. The first-order valence-corrected chi connectivity index (χ1v) is 11.6. The Hall–Kier alpha value is -3.34. The van der Waals surface area contributed by atoms with Crippen molar-refractivity contribution in [1.82, 2.24) is 20.9 Å². The highest BCUT2D eigenvalue weighted by Crippen LogP contribution is 2.21. The first kappa shape index (κ1) is 26.3. The van der Waals surface area contributed by atoms with E-state index >= 15 is 0 Å². The molecule has 5 N–H and O–H groups in total. The fourth-order valence-corrected chi connectivity index (χ4v) is 4.22. The number of hydrogen-bond donors (Lipinski definition) is 5. The summed E-state index contributed by atoms with van der Waals surface area (Å²) in [4.78, 5) is 53.0. The van der Waals surface area contributed by atoms with E-state index in [1.165, 1.54) is 6.07 Å². The summed E-state index contributed by atoms with van der Waals surface area (Å²) in [6.07, 6.45) is 1.56. The molecule has 0 unspecified atom stereocenters. The normalized spacial score (nSPS) is 17.7. The maximum Gasteiger partial charge on any atom is 0.268 e. The monoisotopic (exact) mass is 492 g/mol. The molecule has 1 saturated heterocycles. The van der Waals surface area contributed by atoms with Crippen LogP contribution in [0.2, 0.25) is 0 Å². The van der Waals surface area contributed by atoms with Crippen molar-refractivity contribution in [1.29, 1.82) is 0 Å². The van der Waals surface area contributed by atoms with E-state index in [0.29, 0.717) is 19.0 Å². The van der Waals surface area contributed by atoms with Crippen LogP contribution in [-0.2, 0) is 14.4 Å². The van der Waals surface area contributed by atoms with Crippen LogP contribution >= 0.6 is 0 Å². The van der Waals surface area contributed by atoms with Gasteiger partial charge in [-0.1, -0.05) is 13.8 Å². The largest absolute Gasteiger partial charge is 0.389 e. The third kappa shape index (κ3) is 6.62. The minimum absolute atomic E-state index is 0.0172. The number of piperidine rings is 1. The molecular weight excluding hydrogens is 462 g/mol. The number of hydrogen-bond acceptors (Lipinski definition) is 5. The quantitative estimate of drug-likeness (QED) is 0.342. The van der Waals surface area contributed by atoms with Gasteiger partial charge in [-0.3, -0.25) is 19.2 Å². The minimum atomic E-state index is -1.10. The Bertz CT molecular complexity index is 1120. The average molecular weight is 493 g/mol. The lowest BCUT2D eigenvalue weighted by molar-refractivity contribution is -0.132. The highest BCUT2D eigenvalue weighted by atomic mass is 19.1. The van der Waals surface area contributed by atoms with Gasteiger partial charge in [0.2, 0.25) is 11.8 Å². The van der Waals surface area contributed by atoms with Gasteiger partial charge in [0.25, 0.3) is 5.91 Å². The van der Waals surface area contributed by atoms with E-state index in [-0.39, 0.29) is 41.3 Å². The van der Waals surface area contributed by atoms with Crippen molar-refractivity contribution in [2.24, 2.45) is 11.8 Å². The van der Waals surface area contributed by atoms with Gasteiger partial charge in [0.05, 0.1) is 11.6 Å². The molecule has 3 amide bonds. The summed E-state index contributed by atoms with van der Waals surface area (Å²) >= 11 is 0. The van der Waals surface area contributed by atoms with Crippen molar-refractivity contribution in [2.75, 3.05) is 13.2 Å². The summed E-state index contributed by atoms with van der Waals surface area (Å²) in [7, 11) is 0. The lowest BCUT2D eigenvalue weighted by atomic mass is 9.90. The van der Waals surface area contributed by atoms with E-state index in [9.17, 15) is 33.1 Å². The molecule has 0 radical (unpaired) electrons. The number of aromatic nitrogens is 1. The topological polar surface area (TPSA) is 140 Å². The molecule has 11 heteroatoms. The molecule has 1 aromatic carbocycles. The number of carbonyl (C=O) groups excluding carboxylic acids is 4. The maximum absolute atomic E-state index is 14.0. The number of rotatable bonds is 10. The number of aromatic amines is 1. The van der Waals surface area contributed by atoms with Gasteiger partial charge in [0.15, 0.2) is 5.78 Å². The summed E-state index contributed by atoms with van der Waals surface area (Å²) < 4.78 is 27.5. The standard InChI is InChI=1S/C24H30F2N4O5/c1-12(2)6-18(30-24(35)19-9-14-7-15(25)10-16(26)21(14)28-19)23(34)29-17(20(32)11-31)8-13-4-3-5-27-22(13)33/h7,9-10,12-13,17-18,28,31H,3-6,8,11H2,1-2H3,(H,27,33)(H,29,34)(H,30,35)/t13-,17-,18-/m0/s1. The van der Waals surface area contributed by atoms with Crippen molar-refractivity contribution in [3.05, 3.63) is 35.5 Å². The Morgan fingerprint density at radius 3 is 2.54 bits per heavy atom. The SMILES string of the molecule is CC(C)C[C@H](NC(=O)c1cc2cc(F)cc(F)c2[nH]1)C(=O)N[C@@H](C[C@@H]1CCCNC1=O)C(=O)CO. The molecule has 0 saturated carbocycles. The molecule has 0 aliphatic carbocycles. The van der Waals surface area contributed by atoms with Crippen molar-refractivity contribution in [3.63, 3.8) is 0 Å². The Balaban J connectivity index is 1.76. The molecule has 1 aromatic heterocycles. The van der Waals surface area contributed by atoms with Gasteiger partial charge >= 0.3 is 0 Å². The second-order valence-corrected chi connectivity index (χ2v) is 9.24. The van der Waals surface area contributed by atoms with E-state index in [0.717, 1.165) is 12.5 Å². The zero-order valence-corrected chi connectivity index (χ0v) is 19.6. The summed E-state index contributed by atoms with van der Waals surface area (Å²) in [6.45, 7) is 3.43. The van der Waals surface area contributed by atoms with Crippen LogP contribution in [0.4, 0.5) is 8.78 Å². The summed E-state index contributed by atoms with van der Waals surface area (Å²) in [5.41, 5.74) is -0.103. The molecule has 0 bridgehead atoms. The van der Waals surface area contributed by atoms with Crippen molar-refractivity contribution >= 4 is 34.4 Å². The predicted octanol–water partition coefficient (Wildman–Crippen LogP) is 1.55. The van der Waals surface area contributed by atoms with Gasteiger partial charge < -0.3 is 26.0 Å². The first-order chi connectivity index (χ1) is 16.6. The van der Waals surface area contributed by atoms with Crippen LogP contribution in [0.1, 0.15) is 50.0 Å². The van der Waals surface area contributed by atoms with Gasteiger partial charge in [0, 0.05) is 23.9 Å². The highest BCUT2D eigenvalue weighted by Gasteiger charge is 2.32. The van der Waals surface area contributed by atoms with Crippen LogP contribution in [0.15, 0.2) is 18.2 Å². The Kier molecular flexibility index (Phi) is 8.55. The fourth-order valence-electron chi connectivity index (χ4n) is 4.22. The van der Waals surface area contributed by atoms with Crippen LogP contribution in [0.25, 0.3) is 10.9 Å². The van der Waals surface area contributed by atoms with Gasteiger partial charge in [-0.25, -0.2) is 8.78 Å². The zero-order chi connectivity index (χ0) is 25.7. The first-order valence-electron chi connectivity index (χ1n) is 11.6. The number of halogens is 2. The van der Waals surface area contributed by atoms with Crippen LogP contribution in [0, 0.1) is 23.5 Å². The second-order valence-electron chi connectivity index (χ2n) is 9.24. The predicted molar refractivity (Wildman–Crippen MR) is 123 cm³/mol. The summed E-state index contributed by atoms with van der Waals surface area (Å²) in [5.74, 6) is -4.35. The van der Waals surface area contributed by atoms with Gasteiger partial charge in [-0.05, 0) is 43.7 Å². The number of fused-ring (bicyclic) bond motifs is 1. The molecular formula is C24H30F2N4O5. The van der Waals surface area contributed by atoms with E-state index in [1.807, 2.05) is 13.8 Å². The Morgan fingerprint density at radius 1 is 1.14 bits per heavy atom. The lowest BCUT2D eigenvalue weighted by Crippen LogP contribution is -2.53. The molecule has 0 spiro atoms. The molecule has 3 rings (SSSR count). The number of ketones is 1. The molecule has 2 aromatic rings. The number of aliphatic hydroxyl groups is 1. The van der Waals surface area contributed by atoms with Crippen molar-refractivity contribution < 1.29 is 33.1 Å². The van der Waals surface area contributed by atoms with Gasteiger partial charge in [0.1, 0.15) is 30.0 Å². The van der Waals surface area contributed by atoms with E-state index < -0.39 is 53.8 Å². The van der Waals surface area contributed by atoms with Crippen molar-refractivity contribution in [3.8, 4) is 0 Å². The number of H-pyrrole nitrogens is 1. The molecule has 3 atom stereocenters. The fraction of sp³-hybridized carbons (Fsp3) is 0.500. The number of aliphatic hydroxyl groups excluding tert-OH is 1. The van der Waals surface area contributed by atoms with E-state index in [4.69, 9.17) is 0 Å². The third-order valence-corrected chi connectivity index (χ3v) is 6.00. The highest BCUT2D eigenvalue weighted by molar-refractivity contribution is 6.01. The van der Waals surface area contributed by atoms with Crippen LogP contribution in [-0.4, -0.2) is 58.8 Å². The number of nitrogens with one attached hydrogen (secondary N) is 4. The molecule has 9 nitrogen and oxygen atoms in total. The second kappa shape index (κ2) is 11.4. The van der Waals surface area contributed by atoms with Gasteiger partial charge in [-0.15, -0.1) is 0 Å². The van der Waals surface area contributed by atoms with Crippen molar-refractivity contribution in [2.45, 2.75) is 51.6 Å². The smallest absolute Gasteiger partial charge is 0.268 e. The van der Waals surface area contributed by atoms with E-state index in [2.05, 4.69) is 20.9 Å². The lowest BCUT2D eigenvalue weighted by Gasteiger charge is -2.27. The number of Topliss-reactive ketones (excluding diaryl/α,β-unsaturated/α-hetero) is 1. The van der Waals surface area contributed by atoms with Crippen LogP contribution in [0.5, 0.6) is 0 Å². The Morgan fingerprint density at radius 2 is 1.89 bits per heavy atom.